The highest BCUT2D eigenvalue weighted by molar-refractivity contribution is 7.83. The molecule has 0 bridgehead atoms. The highest BCUT2D eigenvalue weighted by Gasteiger charge is 2.30. The van der Waals surface area contributed by atoms with E-state index in [2.05, 4.69) is 57.5 Å². The number of hydrogen-bond acceptors (Lipinski definition) is 2. The molecule has 0 amide bonds. The number of benzene rings is 1. The monoisotopic (exact) mass is 512 g/mol. The van der Waals surface area contributed by atoms with Gasteiger partial charge in [0.1, 0.15) is 17.7 Å². The fraction of sp³-hybridized carbons (Fsp3) is 0.581. The summed E-state index contributed by atoms with van der Waals surface area (Å²) in [5.41, 5.74) is 7.57. The van der Waals surface area contributed by atoms with Crippen LogP contribution in [0, 0.1) is 18.8 Å². The molecule has 1 aliphatic rings. The molecule has 0 saturated heterocycles. The molecule has 4 atom stereocenters. The van der Waals surface area contributed by atoms with E-state index in [0.29, 0.717) is 23.2 Å². The van der Waals surface area contributed by atoms with E-state index >= 15 is 0 Å². The Morgan fingerprint density at radius 2 is 1.94 bits per heavy atom. The minimum absolute atomic E-state index is 0.405. The summed E-state index contributed by atoms with van der Waals surface area (Å²) in [5, 5.41) is 0. The van der Waals surface area contributed by atoms with E-state index in [9.17, 15) is 8.60 Å². The molecule has 1 aromatic heterocycles. The minimum atomic E-state index is -1.47. The first-order valence-electron chi connectivity index (χ1n) is 13.8. The van der Waals surface area contributed by atoms with E-state index in [1.165, 1.54) is 47.1 Å². The normalized spacial score (nSPS) is 18.2. The predicted molar refractivity (Wildman–Crippen MR) is 152 cm³/mol. The topological polar surface area (TPSA) is 42.0 Å². The zero-order chi connectivity index (χ0) is 26.2. The Morgan fingerprint density at radius 1 is 1.19 bits per heavy atom. The number of aromatic nitrogens is 1. The molecular formula is C31H45FN2OS. The molecule has 1 N–H and O–H groups in total. The summed E-state index contributed by atoms with van der Waals surface area (Å²) in [6, 6.07) is 10.4. The third-order valence-electron chi connectivity index (χ3n) is 8.23. The van der Waals surface area contributed by atoms with Gasteiger partial charge in [0.15, 0.2) is 0 Å². The second kappa shape index (κ2) is 13.6. The summed E-state index contributed by atoms with van der Waals surface area (Å²) in [4.78, 5) is 5.28. The third-order valence-corrected chi connectivity index (χ3v) is 9.44. The van der Waals surface area contributed by atoms with Crippen molar-refractivity contribution in [1.29, 1.82) is 0 Å². The molecule has 1 fully saturated rings. The van der Waals surface area contributed by atoms with Crippen molar-refractivity contribution in [2.45, 2.75) is 103 Å². The molecule has 4 unspecified atom stereocenters. The van der Waals surface area contributed by atoms with E-state index in [-0.39, 0.29) is 0 Å². The molecule has 198 valence electrons. The summed E-state index contributed by atoms with van der Waals surface area (Å²) in [6.45, 7) is 12.8. The van der Waals surface area contributed by atoms with Gasteiger partial charge in [-0.15, -0.1) is 0 Å². The quantitative estimate of drug-likeness (QED) is 0.293. The number of halogens is 1. The van der Waals surface area contributed by atoms with Crippen LogP contribution in [0.2, 0.25) is 0 Å². The SMILES string of the molecule is CCCCC(=C(C)c1ccc(S(=O)NC(CC)CF)cn1)c1ccc(C)cc1C(C)C(C)C1CCC1. The molecule has 0 aliphatic heterocycles. The van der Waals surface area contributed by atoms with E-state index in [4.69, 9.17) is 4.98 Å². The lowest BCUT2D eigenvalue weighted by Gasteiger charge is -2.36. The van der Waals surface area contributed by atoms with Gasteiger partial charge in [-0.1, -0.05) is 77.1 Å². The van der Waals surface area contributed by atoms with Gasteiger partial charge >= 0.3 is 0 Å². The predicted octanol–water partition coefficient (Wildman–Crippen LogP) is 8.41. The molecule has 5 heteroatoms. The van der Waals surface area contributed by atoms with Crippen molar-refractivity contribution in [1.82, 2.24) is 9.71 Å². The number of alkyl halides is 1. The van der Waals surface area contributed by atoms with Crippen molar-refractivity contribution in [3.05, 3.63) is 58.9 Å². The van der Waals surface area contributed by atoms with Gasteiger partial charge in [-0.25, -0.2) is 13.3 Å². The minimum Gasteiger partial charge on any atom is -0.255 e. The maximum absolute atomic E-state index is 13.1. The van der Waals surface area contributed by atoms with E-state index in [0.717, 1.165) is 30.9 Å². The zero-order valence-corrected chi connectivity index (χ0v) is 23.9. The average molecular weight is 513 g/mol. The Kier molecular flexibility index (Phi) is 10.9. The molecule has 1 aromatic carbocycles. The van der Waals surface area contributed by atoms with Crippen molar-refractivity contribution in [3.63, 3.8) is 0 Å². The maximum atomic E-state index is 13.1. The van der Waals surface area contributed by atoms with Crippen molar-refractivity contribution < 1.29 is 8.60 Å². The number of aryl methyl sites for hydroxylation is 1. The first-order chi connectivity index (χ1) is 17.3. The Labute approximate surface area is 221 Å². The average Bonchev–Trinajstić information content (AvgIpc) is 2.86. The van der Waals surface area contributed by atoms with E-state index in [1.54, 1.807) is 6.20 Å². The highest BCUT2D eigenvalue weighted by Crippen LogP contribution is 2.43. The molecular weight excluding hydrogens is 467 g/mol. The number of pyridine rings is 1. The summed E-state index contributed by atoms with van der Waals surface area (Å²) < 4.78 is 28.6. The molecule has 3 rings (SSSR count). The van der Waals surface area contributed by atoms with Crippen LogP contribution in [0.5, 0.6) is 0 Å². The largest absolute Gasteiger partial charge is 0.255 e. The van der Waals surface area contributed by atoms with Crippen molar-refractivity contribution in [2.75, 3.05) is 6.67 Å². The summed E-state index contributed by atoms with van der Waals surface area (Å²) in [6.07, 6.45) is 9.62. The number of allylic oxidation sites excluding steroid dienone is 2. The number of hydrogen-bond donors (Lipinski definition) is 1. The van der Waals surface area contributed by atoms with Gasteiger partial charge in [0.2, 0.25) is 0 Å². The van der Waals surface area contributed by atoms with E-state index < -0.39 is 23.7 Å². The van der Waals surface area contributed by atoms with Gasteiger partial charge in [0, 0.05) is 12.2 Å². The van der Waals surface area contributed by atoms with Crippen LogP contribution in [0.25, 0.3) is 11.1 Å². The van der Waals surface area contributed by atoms with Crippen LogP contribution in [-0.2, 0) is 11.0 Å². The van der Waals surface area contributed by atoms with Crippen LogP contribution in [-0.4, -0.2) is 21.9 Å². The summed E-state index contributed by atoms with van der Waals surface area (Å²) in [7, 11) is -1.47. The van der Waals surface area contributed by atoms with Gasteiger partial charge in [-0.2, -0.15) is 0 Å². The molecule has 3 nitrogen and oxygen atoms in total. The second-order valence-corrected chi connectivity index (χ2v) is 11.9. The fourth-order valence-electron chi connectivity index (χ4n) is 5.18. The fourth-order valence-corrected chi connectivity index (χ4v) is 6.19. The molecule has 36 heavy (non-hydrogen) atoms. The van der Waals surface area contributed by atoms with Gasteiger partial charge in [-0.3, -0.25) is 4.98 Å². The first-order valence-corrected chi connectivity index (χ1v) is 15.0. The Hall–Kier alpha value is -1.85. The second-order valence-electron chi connectivity index (χ2n) is 10.7. The van der Waals surface area contributed by atoms with Crippen LogP contribution < -0.4 is 4.72 Å². The number of nitrogens with zero attached hydrogens (tertiary/aromatic N) is 1. The van der Waals surface area contributed by atoms with Crippen LogP contribution in [0.1, 0.15) is 108 Å². The highest BCUT2D eigenvalue weighted by atomic mass is 32.2. The Bertz CT molecular complexity index is 1040. The Morgan fingerprint density at radius 3 is 2.50 bits per heavy atom. The molecule has 1 saturated carbocycles. The lowest BCUT2D eigenvalue weighted by molar-refractivity contribution is 0.197. The van der Waals surface area contributed by atoms with Crippen molar-refractivity contribution in [2.24, 2.45) is 11.8 Å². The Balaban J connectivity index is 1.97. The zero-order valence-electron chi connectivity index (χ0n) is 23.1. The van der Waals surface area contributed by atoms with E-state index in [1.807, 2.05) is 19.1 Å². The van der Waals surface area contributed by atoms with Gasteiger partial charge < -0.3 is 0 Å². The first kappa shape index (κ1) is 28.7. The van der Waals surface area contributed by atoms with Gasteiger partial charge in [0.25, 0.3) is 0 Å². The lowest BCUT2D eigenvalue weighted by Crippen LogP contribution is -2.32. The van der Waals surface area contributed by atoms with Crippen LogP contribution in [0.15, 0.2) is 41.4 Å². The molecule has 0 radical (unpaired) electrons. The van der Waals surface area contributed by atoms with Gasteiger partial charge in [-0.05, 0) is 85.3 Å². The van der Waals surface area contributed by atoms with Crippen LogP contribution in [0.3, 0.4) is 0 Å². The smallest absolute Gasteiger partial charge is 0.126 e. The molecule has 1 aliphatic carbocycles. The third kappa shape index (κ3) is 6.92. The standard InChI is InChI=1S/C31H45FN2OS/c1-7-9-13-28(24(6)31-17-15-27(20-33-31)36(35)34-26(8-2)19-32)29-16-14-21(3)18-30(29)23(5)22(4)25-11-10-12-25/h14-18,20,22-23,25-26,34H,7-13,19H2,1-6H3. The molecule has 1 heterocycles. The summed E-state index contributed by atoms with van der Waals surface area (Å²) >= 11 is 0. The van der Waals surface area contributed by atoms with Crippen molar-refractivity contribution in [3.8, 4) is 0 Å². The molecule has 2 aromatic rings. The number of unbranched alkanes of at least 4 members (excludes halogenated alkanes) is 1. The van der Waals surface area contributed by atoms with Crippen LogP contribution in [0.4, 0.5) is 4.39 Å². The number of nitrogens with one attached hydrogen (secondary N) is 1. The number of rotatable bonds is 13. The summed E-state index contributed by atoms with van der Waals surface area (Å²) in [5.74, 6) is 2.01. The molecule has 0 spiro atoms. The maximum Gasteiger partial charge on any atom is 0.126 e. The van der Waals surface area contributed by atoms with Crippen molar-refractivity contribution >= 4 is 22.1 Å². The lowest BCUT2D eigenvalue weighted by atomic mass is 9.69. The van der Waals surface area contributed by atoms with Gasteiger partial charge in [0.05, 0.1) is 10.6 Å². The van der Waals surface area contributed by atoms with Crippen LogP contribution >= 0.6 is 0 Å².